The standard InChI is InChI=1S/C26H32F2N4O4/c1-15(20-6-5-7-21(25(27)28)24(20)36-19-9-11-34-14-19)31-26-22(16(2)30-17(3)32-26)12-23(29-4)35-18-8-10-33-13-18/h5-7,12,15,18-19,25H,2,8-11,13-14H2,1,3-4H3,(H,30,31,32)/b22-12+,29-23?/t15-,18-,19-/m1/s1. The average molecular weight is 503 g/mol. The first-order chi connectivity index (χ1) is 17.4. The Labute approximate surface area is 209 Å². The van der Waals surface area contributed by atoms with Gasteiger partial charge in [0.1, 0.15) is 29.6 Å². The van der Waals surface area contributed by atoms with Gasteiger partial charge >= 0.3 is 0 Å². The smallest absolute Gasteiger partial charge is 0.267 e. The molecule has 1 aromatic heterocycles. The second-order valence-corrected chi connectivity index (χ2v) is 8.83. The molecule has 1 N–H and O–H groups in total. The predicted octanol–water partition coefficient (Wildman–Crippen LogP) is 3.09. The molecule has 2 aliphatic rings. The van der Waals surface area contributed by atoms with E-state index in [1.165, 1.54) is 6.07 Å². The van der Waals surface area contributed by atoms with Crippen LogP contribution in [0.5, 0.6) is 5.75 Å². The highest BCUT2D eigenvalue weighted by molar-refractivity contribution is 6.04. The molecule has 2 saturated heterocycles. The Kier molecular flexibility index (Phi) is 8.48. The van der Waals surface area contributed by atoms with Crippen molar-refractivity contribution in [1.29, 1.82) is 0 Å². The van der Waals surface area contributed by atoms with Crippen LogP contribution in [0.3, 0.4) is 0 Å². The number of aliphatic imine (C=N–C) groups is 1. The summed E-state index contributed by atoms with van der Waals surface area (Å²) in [5.41, 5.74) is 0.445. The molecule has 194 valence electrons. The summed E-state index contributed by atoms with van der Waals surface area (Å²) in [6.45, 7) is 9.78. The zero-order valence-corrected chi connectivity index (χ0v) is 20.8. The van der Waals surface area contributed by atoms with E-state index < -0.39 is 12.5 Å². The summed E-state index contributed by atoms with van der Waals surface area (Å²) in [5, 5.41) is 4.44. The maximum absolute atomic E-state index is 13.9. The molecule has 36 heavy (non-hydrogen) atoms. The minimum absolute atomic E-state index is 0.0775. The fraction of sp³-hybridized carbons (Fsp3) is 0.500. The van der Waals surface area contributed by atoms with E-state index >= 15 is 0 Å². The highest BCUT2D eigenvalue weighted by Crippen LogP contribution is 2.37. The highest BCUT2D eigenvalue weighted by Gasteiger charge is 2.26. The van der Waals surface area contributed by atoms with Crippen LogP contribution in [0.15, 0.2) is 23.2 Å². The quantitative estimate of drug-likeness (QED) is 0.439. The zero-order chi connectivity index (χ0) is 25.7. The van der Waals surface area contributed by atoms with Crippen LogP contribution in [-0.2, 0) is 14.2 Å². The molecule has 0 saturated carbocycles. The number of nitrogens with zero attached hydrogens (tertiary/aromatic N) is 3. The normalized spacial score (nSPS) is 21.7. The number of nitrogens with one attached hydrogen (secondary N) is 1. The Morgan fingerprint density at radius 2 is 1.86 bits per heavy atom. The largest absolute Gasteiger partial charge is 0.487 e. The van der Waals surface area contributed by atoms with E-state index in [1.807, 2.05) is 6.92 Å². The topological polar surface area (TPSA) is 87.1 Å². The van der Waals surface area contributed by atoms with E-state index in [9.17, 15) is 8.78 Å². The van der Waals surface area contributed by atoms with Crippen LogP contribution < -0.4 is 20.6 Å². The van der Waals surface area contributed by atoms with E-state index in [0.29, 0.717) is 66.5 Å². The molecule has 4 rings (SSSR count). The van der Waals surface area contributed by atoms with Crippen molar-refractivity contribution in [2.45, 2.75) is 51.4 Å². The van der Waals surface area contributed by atoms with Crippen LogP contribution in [0.25, 0.3) is 12.7 Å². The van der Waals surface area contributed by atoms with Crippen LogP contribution in [0, 0.1) is 6.92 Å². The zero-order valence-electron chi connectivity index (χ0n) is 20.8. The molecule has 0 amide bonds. The Morgan fingerprint density at radius 3 is 2.50 bits per heavy atom. The summed E-state index contributed by atoms with van der Waals surface area (Å²) in [6, 6.07) is 4.35. The molecule has 8 nitrogen and oxygen atoms in total. The number of para-hydroxylation sites is 1. The predicted molar refractivity (Wildman–Crippen MR) is 133 cm³/mol. The number of ether oxygens (including phenoxy) is 4. The third kappa shape index (κ3) is 6.17. The molecule has 0 aliphatic carbocycles. The molecule has 0 radical (unpaired) electrons. The number of halogens is 2. The Hall–Kier alpha value is -3.11. The first-order valence-corrected chi connectivity index (χ1v) is 12.0. The van der Waals surface area contributed by atoms with Crippen LogP contribution >= 0.6 is 0 Å². The number of aryl methyl sites for hydroxylation is 1. The molecule has 3 atom stereocenters. The number of rotatable bonds is 8. The molecule has 2 fully saturated rings. The number of anilines is 1. The number of hydrogen-bond acceptors (Lipinski definition) is 8. The van der Waals surface area contributed by atoms with Gasteiger partial charge in [-0.2, -0.15) is 0 Å². The van der Waals surface area contributed by atoms with Crippen molar-refractivity contribution in [3.05, 3.63) is 45.7 Å². The molecular weight excluding hydrogens is 470 g/mol. The Bertz CT molecular complexity index is 1200. The second kappa shape index (κ2) is 11.7. The van der Waals surface area contributed by atoms with E-state index in [-0.39, 0.29) is 23.5 Å². The summed E-state index contributed by atoms with van der Waals surface area (Å²) in [6.07, 6.45) is 0.146. The van der Waals surface area contributed by atoms with Gasteiger partial charge in [0.15, 0.2) is 0 Å². The maximum atomic E-state index is 13.9. The van der Waals surface area contributed by atoms with Crippen LogP contribution in [-0.4, -0.2) is 61.5 Å². The van der Waals surface area contributed by atoms with Gasteiger partial charge in [-0.15, -0.1) is 0 Å². The molecule has 0 spiro atoms. The number of aromatic nitrogens is 2. The number of alkyl halides is 2. The number of hydrogen-bond donors (Lipinski definition) is 1. The third-order valence-corrected chi connectivity index (χ3v) is 6.10. The summed E-state index contributed by atoms with van der Waals surface area (Å²) in [4.78, 5) is 13.2. The first kappa shape index (κ1) is 26.0. The van der Waals surface area contributed by atoms with Crippen molar-refractivity contribution < 1.29 is 27.7 Å². The summed E-state index contributed by atoms with van der Waals surface area (Å²) in [7, 11) is 1.64. The van der Waals surface area contributed by atoms with Gasteiger partial charge in [0.05, 0.1) is 43.4 Å². The van der Waals surface area contributed by atoms with Crippen molar-refractivity contribution in [2.75, 3.05) is 38.8 Å². The van der Waals surface area contributed by atoms with Crippen molar-refractivity contribution in [3.63, 3.8) is 0 Å². The van der Waals surface area contributed by atoms with Crippen molar-refractivity contribution in [3.8, 4) is 5.75 Å². The lowest BCUT2D eigenvalue weighted by Crippen LogP contribution is -2.34. The van der Waals surface area contributed by atoms with E-state index in [2.05, 4.69) is 26.9 Å². The summed E-state index contributed by atoms with van der Waals surface area (Å²) < 4.78 is 50.6. The lowest BCUT2D eigenvalue weighted by atomic mass is 10.0. The SMILES string of the molecule is C=c1nc(C)nc(N[C@H](C)c2cccc(C(F)F)c2O[C@@H]2CCOC2)/c1=C/C(=NC)O[C@@H]1CCOC1. The van der Waals surface area contributed by atoms with Gasteiger partial charge in [-0.25, -0.2) is 18.7 Å². The lowest BCUT2D eigenvalue weighted by Gasteiger charge is -2.23. The second-order valence-electron chi connectivity index (χ2n) is 8.83. The number of benzene rings is 1. The van der Waals surface area contributed by atoms with Gasteiger partial charge < -0.3 is 24.3 Å². The van der Waals surface area contributed by atoms with Crippen molar-refractivity contribution in [1.82, 2.24) is 9.97 Å². The van der Waals surface area contributed by atoms with Gasteiger partial charge in [-0.1, -0.05) is 18.7 Å². The third-order valence-electron chi connectivity index (χ3n) is 6.10. The molecule has 1 aromatic carbocycles. The van der Waals surface area contributed by atoms with E-state index in [0.717, 1.165) is 6.42 Å². The Balaban J connectivity index is 1.68. The van der Waals surface area contributed by atoms with Gasteiger partial charge in [-0.3, -0.25) is 4.99 Å². The van der Waals surface area contributed by atoms with Gasteiger partial charge in [0.2, 0.25) is 5.90 Å². The molecule has 0 bridgehead atoms. The van der Waals surface area contributed by atoms with Crippen molar-refractivity contribution >= 4 is 24.4 Å². The molecule has 0 unspecified atom stereocenters. The summed E-state index contributed by atoms with van der Waals surface area (Å²) >= 11 is 0. The molecule has 2 aromatic rings. The Morgan fingerprint density at radius 1 is 1.17 bits per heavy atom. The van der Waals surface area contributed by atoms with Crippen LogP contribution in [0.4, 0.5) is 14.6 Å². The van der Waals surface area contributed by atoms with Gasteiger partial charge in [-0.05, 0) is 19.9 Å². The first-order valence-electron chi connectivity index (χ1n) is 12.0. The molecule has 2 aliphatic heterocycles. The molecule has 3 heterocycles. The van der Waals surface area contributed by atoms with Gasteiger partial charge in [0.25, 0.3) is 6.43 Å². The monoisotopic (exact) mass is 502 g/mol. The fourth-order valence-electron chi connectivity index (χ4n) is 4.23. The van der Waals surface area contributed by atoms with E-state index in [4.69, 9.17) is 18.9 Å². The lowest BCUT2D eigenvalue weighted by molar-refractivity contribution is 0.123. The van der Waals surface area contributed by atoms with Gasteiger partial charge in [0, 0.05) is 36.7 Å². The van der Waals surface area contributed by atoms with E-state index in [1.54, 1.807) is 32.2 Å². The molecular formula is C26H32F2N4O4. The van der Waals surface area contributed by atoms with Crippen LogP contribution in [0.2, 0.25) is 0 Å². The maximum Gasteiger partial charge on any atom is 0.267 e. The molecule has 10 heteroatoms. The summed E-state index contributed by atoms with van der Waals surface area (Å²) in [5.74, 6) is 1.59. The minimum atomic E-state index is -2.67. The average Bonchev–Trinajstić information content (AvgIpc) is 3.55. The van der Waals surface area contributed by atoms with Crippen LogP contribution in [0.1, 0.15) is 49.2 Å². The highest BCUT2D eigenvalue weighted by atomic mass is 19.3. The van der Waals surface area contributed by atoms with Crippen molar-refractivity contribution in [2.24, 2.45) is 4.99 Å². The minimum Gasteiger partial charge on any atom is -0.487 e. The fourth-order valence-corrected chi connectivity index (χ4v) is 4.23.